The van der Waals surface area contributed by atoms with E-state index in [4.69, 9.17) is 4.99 Å². The van der Waals surface area contributed by atoms with Crippen molar-refractivity contribution in [2.24, 2.45) is 4.99 Å². The summed E-state index contributed by atoms with van der Waals surface area (Å²) in [4.78, 5) is 6.11. The summed E-state index contributed by atoms with van der Waals surface area (Å²) in [6.45, 7) is 12.6. The number of rotatable bonds is 6. The van der Waals surface area contributed by atoms with Crippen molar-refractivity contribution < 1.29 is 0 Å². The summed E-state index contributed by atoms with van der Waals surface area (Å²) >= 11 is 1.80. The second-order valence-corrected chi connectivity index (χ2v) is 6.46. The number of aliphatic imine (C=N–C) groups is 1. The van der Waals surface area contributed by atoms with Gasteiger partial charge in [-0.05, 0) is 31.7 Å². The zero-order chi connectivity index (χ0) is 14.3. The van der Waals surface area contributed by atoms with Crippen LogP contribution < -0.4 is 10.6 Å². The molecule has 1 aromatic heterocycles. The normalized spacial score (nSPS) is 13.6. The molecule has 0 fully saturated rings. The van der Waals surface area contributed by atoms with Crippen molar-refractivity contribution in [3.63, 3.8) is 0 Å². The van der Waals surface area contributed by atoms with E-state index in [2.05, 4.69) is 62.8 Å². The van der Waals surface area contributed by atoms with E-state index in [0.29, 0.717) is 6.04 Å². The molecular formula is C15H28IN3S. The Labute approximate surface area is 144 Å². The van der Waals surface area contributed by atoms with Crippen molar-refractivity contribution >= 4 is 41.3 Å². The molecule has 1 aromatic rings. The van der Waals surface area contributed by atoms with Crippen LogP contribution in [-0.2, 0) is 5.41 Å². The quantitative estimate of drug-likeness (QED) is 0.423. The van der Waals surface area contributed by atoms with Crippen molar-refractivity contribution in [1.29, 1.82) is 0 Å². The molecule has 1 unspecified atom stereocenters. The summed E-state index contributed by atoms with van der Waals surface area (Å²) < 4.78 is 0. The molecule has 116 valence electrons. The third-order valence-corrected chi connectivity index (χ3v) is 4.40. The van der Waals surface area contributed by atoms with Gasteiger partial charge in [0.15, 0.2) is 5.96 Å². The number of thiophene rings is 1. The van der Waals surface area contributed by atoms with Gasteiger partial charge < -0.3 is 10.6 Å². The molecule has 2 N–H and O–H groups in total. The molecule has 1 rings (SSSR count). The smallest absolute Gasteiger partial charge is 0.191 e. The van der Waals surface area contributed by atoms with E-state index in [1.807, 2.05) is 0 Å². The minimum absolute atomic E-state index is 0. The van der Waals surface area contributed by atoms with Crippen LogP contribution in [0.4, 0.5) is 0 Å². The molecule has 20 heavy (non-hydrogen) atoms. The number of nitrogens with one attached hydrogen (secondary N) is 2. The fraction of sp³-hybridized carbons (Fsp3) is 0.667. The van der Waals surface area contributed by atoms with Crippen LogP contribution in [-0.4, -0.2) is 25.1 Å². The Morgan fingerprint density at radius 3 is 2.60 bits per heavy atom. The Hall–Kier alpha value is -0.300. The monoisotopic (exact) mass is 409 g/mol. The highest BCUT2D eigenvalue weighted by Crippen LogP contribution is 2.27. The van der Waals surface area contributed by atoms with Gasteiger partial charge in [0.2, 0.25) is 0 Å². The molecule has 1 atom stereocenters. The van der Waals surface area contributed by atoms with Crippen LogP contribution in [0.1, 0.15) is 45.9 Å². The Bertz CT molecular complexity index is 388. The molecule has 0 amide bonds. The van der Waals surface area contributed by atoms with E-state index in [1.165, 1.54) is 4.88 Å². The highest BCUT2D eigenvalue weighted by atomic mass is 127. The first-order valence-corrected chi connectivity index (χ1v) is 7.96. The lowest BCUT2D eigenvalue weighted by Gasteiger charge is -2.22. The van der Waals surface area contributed by atoms with Gasteiger partial charge in [0.1, 0.15) is 0 Å². The van der Waals surface area contributed by atoms with E-state index < -0.39 is 0 Å². The van der Waals surface area contributed by atoms with Crippen LogP contribution in [0.5, 0.6) is 0 Å². The van der Waals surface area contributed by atoms with Gasteiger partial charge >= 0.3 is 0 Å². The molecule has 0 aliphatic rings. The van der Waals surface area contributed by atoms with Crippen LogP contribution >= 0.6 is 35.3 Å². The Morgan fingerprint density at radius 1 is 1.40 bits per heavy atom. The minimum atomic E-state index is 0. The molecule has 3 nitrogen and oxygen atoms in total. The molecule has 0 bridgehead atoms. The maximum atomic E-state index is 4.73. The minimum Gasteiger partial charge on any atom is -0.357 e. The zero-order valence-electron chi connectivity index (χ0n) is 13.2. The first kappa shape index (κ1) is 19.7. The van der Waals surface area contributed by atoms with Gasteiger partial charge in [-0.3, -0.25) is 4.99 Å². The van der Waals surface area contributed by atoms with E-state index >= 15 is 0 Å². The fourth-order valence-corrected chi connectivity index (χ4v) is 2.52. The summed E-state index contributed by atoms with van der Waals surface area (Å²) in [5.74, 6) is 0.918. The molecule has 0 saturated carbocycles. The maximum absolute atomic E-state index is 4.73. The molecule has 0 radical (unpaired) electrons. The third kappa shape index (κ3) is 6.43. The van der Waals surface area contributed by atoms with Crippen LogP contribution in [0.15, 0.2) is 22.5 Å². The number of halogens is 1. The van der Waals surface area contributed by atoms with Gasteiger partial charge in [-0.2, -0.15) is 0 Å². The van der Waals surface area contributed by atoms with Crippen LogP contribution in [0.3, 0.4) is 0 Å². The lowest BCUT2D eigenvalue weighted by atomic mass is 9.92. The van der Waals surface area contributed by atoms with Crippen molar-refractivity contribution in [3.05, 3.63) is 22.4 Å². The Morgan fingerprint density at radius 2 is 2.10 bits per heavy atom. The van der Waals surface area contributed by atoms with Gasteiger partial charge in [0, 0.05) is 22.9 Å². The summed E-state index contributed by atoms with van der Waals surface area (Å²) in [7, 11) is 0. The predicted molar refractivity (Wildman–Crippen MR) is 102 cm³/mol. The van der Waals surface area contributed by atoms with E-state index in [0.717, 1.165) is 25.5 Å². The van der Waals surface area contributed by atoms with Gasteiger partial charge in [-0.1, -0.05) is 26.8 Å². The highest BCUT2D eigenvalue weighted by Gasteiger charge is 2.21. The molecule has 0 aliphatic heterocycles. The standard InChI is InChI=1S/C15H27N3S.HI/c1-6-12(3)18-14(16-7-2)17-11-15(4,5)13-9-8-10-19-13;/h8-10,12H,6-7,11H2,1-5H3,(H2,16,17,18);1H. The molecular weight excluding hydrogens is 381 g/mol. The van der Waals surface area contributed by atoms with Crippen molar-refractivity contribution in [1.82, 2.24) is 10.6 Å². The number of guanidine groups is 1. The van der Waals surface area contributed by atoms with Gasteiger partial charge in [-0.25, -0.2) is 0 Å². The van der Waals surface area contributed by atoms with Crippen LogP contribution in [0, 0.1) is 0 Å². The van der Waals surface area contributed by atoms with Crippen LogP contribution in [0.2, 0.25) is 0 Å². The van der Waals surface area contributed by atoms with Gasteiger partial charge in [0.05, 0.1) is 6.54 Å². The average molecular weight is 409 g/mol. The predicted octanol–water partition coefficient (Wildman–Crippen LogP) is 4.00. The van der Waals surface area contributed by atoms with Crippen molar-refractivity contribution in [2.45, 2.75) is 52.5 Å². The number of hydrogen-bond donors (Lipinski definition) is 2. The Kier molecular flexibility index (Phi) is 9.46. The third-order valence-electron chi connectivity index (χ3n) is 3.16. The Balaban J connectivity index is 0.00000361. The lowest BCUT2D eigenvalue weighted by molar-refractivity contribution is 0.544. The van der Waals surface area contributed by atoms with Gasteiger partial charge in [-0.15, -0.1) is 35.3 Å². The second-order valence-electron chi connectivity index (χ2n) is 5.51. The molecule has 0 aliphatic carbocycles. The molecule has 1 heterocycles. The summed E-state index contributed by atoms with van der Waals surface area (Å²) in [6.07, 6.45) is 1.10. The maximum Gasteiger partial charge on any atom is 0.191 e. The lowest BCUT2D eigenvalue weighted by Crippen LogP contribution is -2.42. The van der Waals surface area contributed by atoms with Crippen molar-refractivity contribution in [2.75, 3.05) is 13.1 Å². The first-order chi connectivity index (χ1) is 8.99. The molecule has 0 spiro atoms. The largest absolute Gasteiger partial charge is 0.357 e. The van der Waals surface area contributed by atoms with E-state index in [9.17, 15) is 0 Å². The SMILES string of the molecule is CCNC(=NCC(C)(C)c1cccs1)NC(C)CC.I. The highest BCUT2D eigenvalue weighted by molar-refractivity contribution is 14.0. The van der Waals surface area contributed by atoms with Crippen molar-refractivity contribution in [3.8, 4) is 0 Å². The zero-order valence-corrected chi connectivity index (χ0v) is 16.3. The average Bonchev–Trinajstić information content (AvgIpc) is 2.90. The number of hydrogen-bond acceptors (Lipinski definition) is 2. The molecule has 0 aromatic carbocycles. The summed E-state index contributed by atoms with van der Waals surface area (Å²) in [5, 5.41) is 8.86. The van der Waals surface area contributed by atoms with Crippen LogP contribution in [0.25, 0.3) is 0 Å². The topological polar surface area (TPSA) is 36.4 Å². The van der Waals surface area contributed by atoms with Gasteiger partial charge in [0.25, 0.3) is 0 Å². The van der Waals surface area contributed by atoms with E-state index in [1.54, 1.807) is 11.3 Å². The van der Waals surface area contributed by atoms with E-state index in [-0.39, 0.29) is 29.4 Å². The summed E-state index contributed by atoms with van der Waals surface area (Å²) in [6, 6.07) is 4.74. The summed E-state index contributed by atoms with van der Waals surface area (Å²) in [5.41, 5.74) is 0.0893. The fourth-order valence-electron chi connectivity index (χ4n) is 1.67. The molecule has 0 saturated heterocycles. The second kappa shape index (κ2) is 9.60. The number of nitrogens with zero attached hydrogens (tertiary/aromatic N) is 1. The molecule has 5 heteroatoms. The first-order valence-electron chi connectivity index (χ1n) is 7.08.